The van der Waals surface area contributed by atoms with Gasteiger partial charge in [-0.15, -0.1) is 0 Å². The van der Waals surface area contributed by atoms with Crippen LogP contribution < -0.4 is 0 Å². The monoisotopic (exact) mass is 341 g/mol. The van der Waals surface area contributed by atoms with Crippen molar-refractivity contribution in [2.75, 3.05) is 7.11 Å². The number of hydrogen-bond donors (Lipinski definition) is 0. The van der Waals surface area contributed by atoms with Crippen LogP contribution in [0.5, 0.6) is 0 Å². The summed E-state index contributed by atoms with van der Waals surface area (Å²) in [5.41, 5.74) is 5.23. The number of fused-ring (bicyclic) bond motifs is 1. The van der Waals surface area contributed by atoms with Gasteiger partial charge in [0.05, 0.1) is 12.7 Å². The lowest BCUT2D eigenvalue weighted by Crippen LogP contribution is -2.02. The molecule has 0 fully saturated rings. The van der Waals surface area contributed by atoms with Gasteiger partial charge in [0.1, 0.15) is 0 Å². The topological polar surface area (TPSA) is 31.2 Å². The Labute approximate surface area is 152 Å². The van der Waals surface area contributed by atoms with Crippen LogP contribution in [0, 0.1) is 0 Å². The van der Waals surface area contributed by atoms with Crippen LogP contribution in [-0.4, -0.2) is 17.6 Å². The molecule has 0 radical (unpaired) electrons. The van der Waals surface area contributed by atoms with Crippen molar-refractivity contribution in [3.05, 3.63) is 96.2 Å². The summed E-state index contributed by atoms with van der Waals surface area (Å²) in [6.45, 7) is 0.753. The van der Waals surface area contributed by atoms with E-state index in [1.54, 1.807) is 6.07 Å². The van der Waals surface area contributed by atoms with E-state index in [4.69, 9.17) is 4.74 Å². The predicted molar refractivity (Wildman–Crippen MR) is 104 cm³/mol. The van der Waals surface area contributed by atoms with Crippen molar-refractivity contribution in [2.24, 2.45) is 0 Å². The number of rotatable bonds is 4. The maximum absolute atomic E-state index is 11.8. The highest BCUT2D eigenvalue weighted by molar-refractivity contribution is 5.94. The van der Waals surface area contributed by atoms with Crippen LogP contribution in [0.2, 0.25) is 0 Å². The van der Waals surface area contributed by atoms with E-state index in [0.29, 0.717) is 5.56 Å². The molecule has 1 heterocycles. The van der Waals surface area contributed by atoms with Crippen molar-refractivity contribution in [3.8, 4) is 11.1 Å². The maximum atomic E-state index is 11.8. The Hall–Kier alpha value is -3.33. The fourth-order valence-electron chi connectivity index (χ4n) is 3.20. The molecular formula is C23H19NO2. The van der Waals surface area contributed by atoms with Crippen molar-refractivity contribution in [2.45, 2.75) is 6.54 Å². The van der Waals surface area contributed by atoms with Gasteiger partial charge in [-0.3, -0.25) is 0 Å². The average molecular weight is 341 g/mol. The molecule has 0 bridgehead atoms. The highest BCUT2D eigenvalue weighted by Gasteiger charge is 2.09. The van der Waals surface area contributed by atoms with Crippen LogP contribution in [0.1, 0.15) is 15.9 Å². The van der Waals surface area contributed by atoms with Gasteiger partial charge in [-0.2, -0.15) is 0 Å². The zero-order chi connectivity index (χ0) is 17.9. The van der Waals surface area contributed by atoms with Gasteiger partial charge in [-0.05, 0) is 40.3 Å². The fourth-order valence-corrected chi connectivity index (χ4v) is 3.20. The molecule has 1 aromatic heterocycles. The molecular weight excluding hydrogens is 322 g/mol. The summed E-state index contributed by atoms with van der Waals surface area (Å²) in [5, 5.41) is 1.11. The number of carbonyl (C=O) groups is 1. The first kappa shape index (κ1) is 16.2. The van der Waals surface area contributed by atoms with E-state index < -0.39 is 0 Å². The lowest BCUT2D eigenvalue weighted by molar-refractivity contribution is 0.0601. The number of esters is 1. The van der Waals surface area contributed by atoms with E-state index >= 15 is 0 Å². The minimum absolute atomic E-state index is 0.313. The van der Waals surface area contributed by atoms with Gasteiger partial charge in [-0.1, -0.05) is 60.7 Å². The summed E-state index contributed by atoms with van der Waals surface area (Å²) in [4.78, 5) is 11.8. The van der Waals surface area contributed by atoms with E-state index in [1.165, 1.54) is 23.8 Å². The number of carbonyl (C=O) groups excluding carboxylic acids is 1. The molecule has 0 atom stereocenters. The smallest absolute Gasteiger partial charge is 0.337 e. The molecule has 3 aromatic carbocycles. The molecule has 3 nitrogen and oxygen atoms in total. The lowest BCUT2D eigenvalue weighted by Gasteiger charge is -2.08. The standard InChI is InChI=1S/C23H19NO2/c1-26-23(25)21-12-11-20-13-14-24(22(20)15-21)16-17-7-9-19(10-8-17)18-5-3-2-4-6-18/h2-15H,16H2,1H3. The summed E-state index contributed by atoms with van der Waals surface area (Å²) in [7, 11) is 1.40. The third kappa shape index (κ3) is 3.11. The average Bonchev–Trinajstić information content (AvgIpc) is 3.10. The molecule has 0 amide bonds. The highest BCUT2D eigenvalue weighted by atomic mass is 16.5. The molecule has 0 spiro atoms. The second-order valence-electron chi connectivity index (χ2n) is 6.27. The van der Waals surface area contributed by atoms with E-state index in [2.05, 4.69) is 53.2 Å². The number of nitrogens with zero attached hydrogens (tertiary/aromatic N) is 1. The van der Waals surface area contributed by atoms with Crippen LogP contribution in [0.4, 0.5) is 0 Å². The molecule has 0 unspecified atom stereocenters. The highest BCUT2D eigenvalue weighted by Crippen LogP contribution is 2.22. The Morgan fingerprint density at radius 1 is 0.885 bits per heavy atom. The first-order chi connectivity index (χ1) is 12.7. The molecule has 0 aliphatic carbocycles. The van der Waals surface area contributed by atoms with Crippen molar-refractivity contribution in [3.63, 3.8) is 0 Å². The maximum Gasteiger partial charge on any atom is 0.337 e. The Bertz CT molecular complexity index is 1050. The van der Waals surface area contributed by atoms with E-state index in [0.717, 1.165) is 17.4 Å². The molecule has 0 aliphatic heterocycles. The minimum Gasteiger partial charge on any atom is -0.465 e. The van der Waals surface area contributed by atoms with Gasteiger partial charge in [0.25, 0.3) is 0 Å². The molecule has 0 aliphatic rings. The van der Waals surface area contributed by atoms with E-state index in [1.807, 2.05) is 30.3 Å². The molecule has 0 N–H and O–H groups in total. The summed E-state index contributed by atoms with van der Waals surface area (Å²) >= 11 is 0. The van der Waals surface area contributed by atoms with Crippen LogP contribution in [0.25, 0.3) is 22.0 Å². The molecule has 128 valence electrons. The van der Waals surface area contributed by atoms with Crippen molar-refractivity contribution < 1.29 is 9.53 Å². The number of ether oxygens (including phenoxy) is 1. The zero-order valence-corrected chi connectivity index (χ0v) is 14.6. The quantitative estimate of drug-likeness (QED) is 0.481. The Balaban J connectivity index is 1.62. The van der Waals surface area contributed by atoms with Gasteiger partial charge in [0, 0.05) is 18.3 Å². The van der Waals surface area contributed by atoms with Crippen LogP contribution >= 0.6 is 0 Å². The largest absolute Gasteiger partial charge is 0.465 e. The van der Waals surface area contributed by atoms with Gasteiger partial charge in [-0.25, -0.2) is 4.79 Å². The van der Waals surface area contributed by atoms with Crippen molar-refractivity contribution in [1.29, 1.82) is 0 Å². The van der Waals surface area contributed by atoms with Crippen LogP contribution in [0.3, 0.4) is 0 Å². The second kappa shape index (κ2) is 6.89. The number of aromatic nitrogens is 1. The number of benzene rings is 3. The van der Waals surface area contributed by atoms with Crippen LogP contribution in [-0.2, 0) is 11.3 Å². The molecule has 4 rings (SSSR count). The third-order valence-corrected chi connectivity index (χ3v) is 4.61. The SMILES string of the molecule is COC(=O)c1ccc2ccn(Cc3ccc(-c4ccccc4)cc3)c2c1. The van der Waals surface area contributed by atoms with Gasteiger partial charge < -0.3 is 9.30 Å². The zero-order valence-electron chi connectivity index (χ0n) is 14.6. The first-order valence-electron chi connectivity index (χ1n) is 8.56. The normalized spacial score (nSPS) is 10.8. The van der Waals surface area contributed by atoms with Crippen molar-refractivity contribution >= 4 is 16.9 Å². The molecule has 3 heteroatoms. The van der Waals surface area contributed by atoms with Crippen LogP contribution in [0.15, 0.2) is 85.1 Å². The van der Waals surface area contributed by atoms with E-state index in [-0.39, 0.29) is 5.97 Å². The number of hydrogen-bond acceptors (Lipinski definition) is 2. The molecule has 0 saturated heterocycles. The lowest BCUT2D eigenvalue weighted by atomic mass is 10.0. The van der Waals surface area contributed by atoms with Gasteiger partial charge in [0.15, 0.2) is 0 Å². The molecule has 26 heavy (non-hydrogen) atoms. The second-order valence-corrected chi connectivity index (χ2v) is 6.27. The Morgan fingerprint density at radius 2 is 1.62 bits per heavy atom. The van der Waals surface area contributed by atoms with Gasteiger partial charge in [0.2, 0.25) is 0 Å². The van der Waals surface area contributed by atoms with Crippen molar-refractivity contribution in [1.82, 2.24) is 4.57 Å². The third-order valence-electron chi connectivity index (χ3n) is 4.61. The summed E-state index contributed by atoms with van der Waals surface area (Å²) < 4.78 is 6.98. The summed E-state index contributed by atoms with van der Waals surface area (Å²) in [6.07, 6.45) is 2.05. The molecule has 0 saturated carbocycles. The predicted octanol–water partition coefficient (Wildman–Crippen LogP) is 5.14. The first-order valence-corrected chi connectivity index (χ1v) is 8.56. The summed E-state index contributed by atoms with van der Waals surface area (Å²) in [6, 6.07) is 26.7. The van der Waals surface area contributed by atoms with Gasteiger partial charge >= 0.3 is 5.97 Å². The molecule has 4 aromatic rings. The number of methoxy groups -OCH3 is 1. The Morgan fingerprint density at radius 3 is 2.35 bits per heavy atom. The fraction of sp³-hybridized carbons (Fsp3) is 0.0870. The minimum atomic E-state index is -0.313. The Kier molecular flexibility index (Phi) is 4.28. The summed E-state index contributed by atoms with van der Waals surface area (Å²) in [5.74, 6) is -0.313. The van der Waals surface area contributed by atoms with E-state index in [9.17, 15) is 4.79 Å².